The van der Waals surface area contributed by atoms with Crippen LogP contribution in [0.3, 0.4) is 0 Å². The first-order valence-electron chi connectivity index (χ1n) is 4.92. The summed E-state index contributed by atoms with van der Waals surface area (Å²) in [5.41, 5.74) is 0.365. The van der Waals surface area contributed by atoms with Gasteiger partial charge in [0.2, 0.25) is 0 Å². The minimum absolute atomic E-state index is 0.0599. The number of benzene rings is 1. The highest BCUT2D eigenvalue weighted by molar-refractivity contribution is 7.99. The van der Waals surface area contributed by atoms with E-state index in [1.807, 2.05) is 0 Å². The lowest BCUT2D eigenvalue weighted by Gasteiger charge is -2.00. The summed E-state index contributed by atoms with van der Waals surface area (Å²) >= 11 is 0.972. The summed E-state index contributed by atoms with van der Waals surface area (Å²) < 4.78 is 26.5. The number of rotatable bonds is 4. The van der Waals surface area contributed by atoms with Gasteiger partial charge < -0.3 is 10.1 Å². The molecule has 0 bridgehead atoms. The van der Waals surface area contributed by atoms with Crippen molar-refractivity contribution in [1.82, 2.24) is 9.97 Å². The maximum Gasteiger partial charge on any atom is 0.313 e. The summed E-state index contributed by atoms with van der Waals surface area (Å²) in [4.78, 5) is 17.0. The maximum atomic E-state index is 13.5. The third kappa shape index (κ3) is 2.67. The first kappa shape index (κ1) is 12.6. The lowest BCUT2D eigenvalue weighted by molar-refractivity contribution is -0.133. The number of halogens is 2. The average molecular weight is 270 g/mol. The Labute approximate surface area is 105 Å². The Morgan fingerprint density at radius 3 is 2.94 bits per heavy atom. The molecule has 0 unspecified atom stereocenters. The van der Waals surface area contributed by atoms with Crippen molar-refractivity contribution in [3.63, 3.8) is 0 Å². The van der Waals surface area contributed by atoms with Crippen LogP contribution < -0.4 is 0 Å². The number of nitrogens with one attached hydrogen (secondary N) is 1. The molecule has 0 radical (unpaired) electrons. The molecule has 0 amide bonds. The molecule has 7 heteroatoms. The Morgan fingerprint density at radius 2 is 2.22 bits per heavy atom. The van der Waals surface area contributed by atoms with Gasteiger partial charge in [-0.15, -0.1) is 0 Å². The van der Waals surface area contributed by atoms with Crippen molar-refractivity contribution >= 4 is 17.7 Å². The van der Waals surface area contributed by atoms with Crippen molar-refractivity contribution in [3.05, 3.63) is 36.0 Å². The number of hydrogen-bond donors (Lipinski definition) is 2. The van der Waals surface area contributed by atoms with Crippen molar-refractivity contribution in [2.75, 3.05) is 5.75 Å². The van der Waals surface area contributed by atoms with Gasteiger partial charge in [0, 0.05) is 5.56 Å². The quantitative estimate of drug-likeness (QED) is 0.838. The smallest absolute Gasteiger partial charge is 0.313 e. The third-order valence-electron chi connectivity index (χ3n) is 2.13. The Hall–Kier alpha value is -1.89. The van der Waals surface area contributed by atoms with Crippen LogP contribution in [0.1, 0.15) is 0 Å². The molecule has 0 saturated carbocycles. The average Bonchev–Trinajstić information content (AvgIpc) is 2.78. The van der Waals surface area contributed by atoms with E-state index in [1.165, 1.54) is 18.3 Å². The number of carbonyl (C=O) groups is 1. The summed E-state index contributed by atoms with van der Waals surface area (Å²) in [5.74, 6) is -3.04. The van der Waals surface area contributed by atoms with Crippen LogP contribution in [0.2, 0.25) is 0 Å². The number of aromatic amines is 1. The number of H-pyrrole nitrogens is 1. The zero-order valence-electron chi connectivity index (χ0n) is 8.98. The predicted molar refractivity (Wildman–Crippen MR) is 62.3 cm³/mol. The molecule has 2 rings (SSSR count). The standard InChI is InChI=1S/C11H8F2N2O2S/c12-7-3-1-2-6(10(7)13)8-4-14-11(15-8)18-5-9(16)17/h1-4H,5H2,(H,14,15)(H,16,17). The molecule has 0 spiro atoms. The number of carboxylic acids is 1. The molecule has 0 aliphatic heterocycles. The molecule has 0 saturated heterocycles. The Balaban J connectivity index is 2.24. The number of carboxylic acid groups (broad SMARTS) is 1. The van der Waals surface area contributed by atoms with Crippen molar-refractivity contribution in [3.8, 4) is 11.3 Å². The highest BCUT2D eigenvalue weighted by atomic mass is 32.2. The minimum Gasteiger partial charge on any atom is -0.481 e. The molecule has 0 atom stereocenters. The highest BCUT2D eigenvalue weighted by Gasteiger charge is 2.12. The molecule has 0 aliphatic carbocycles. The van der Waals surface area contributed by atoms with Crippen molar-refractivity contribution in [2.24, 2.45) is 0 Å². The van der Waals surface area contributed by atoms with Gasteiger partial charge in [0.1, 0.15) is 0 Å². The van der Waals surface area contributed by atoms with Gasteiger partial charge in [-0.3, -0.25) is 4.79 Å². The van der Waals surface area contributed by atoms with Crippen molar-refractivity contribution in [1.29, 1.82) is 0 Å². The van der Waals surface area contributed by atoms with Gasteiger partial charge in [-0.2, -0.15) is 0 Å². The maximum absolute atomic E-state index is 13.5. The minimum atomic E-state index is -0.977. The lowest BCUT2D eigenvalue weighted by Crippen LogP contribution is -1.97. The molecule has 2 aromatic rings. The molecular weight excluding hydrogens is 262 g/mol. The van der Waals surface area contributed by atoms with Crippen LogP contribution in [-0.4, -0.2) is 26.8 Å². The molecule has 4 nitrogen and oxygen atoms in total. The molecular formula is C11H8F2N2O2S. The fourth-order valence-electron chi connectivity index (χ4n) is 1.36. The van der Waals surface area contributed by atoms with Gasteiger partial charge in [0.15, 0.2) is 16.8 Å². The number of aliphatic carboxylic acids is 1. The fraction of sp³-hybridized carbons (Fsp3) is 0.0909. The second kappa shape index (κ2) is 5.18. The van der Waals surface area contributed by atoms with Crippen LogP contribution in [0.5, 0.6) is 0 Å². The van der Waals surface area contributed by atoms with Crippen LogP contribution in [0.25, 0.3) is 11.3 Å². The van der Waals surface area contributed by atoms with E-state index in [-0.39, 0.29) is 11.3 Å². The van der Waals surface area contributed by atoms with Gasteiger partial charge >= 0.3 is 5.97 Å². The monoisotopic (exact) mass is 270 g/mol. The van der Waals surface area contributed by atoms with Gasteiger partial charge in [-0.25, -0.2) is 13.8 Å². The van der Waals surface area contributed by atoms with E-state index in [1.54, 1.807) is 0 Å². The highest BCUT2D eigenvalue weighted by Crippen LogP contribution is 2.25. The zero-order valence-corrected chi connectivity index (χ0v) is 9.80. The molecule has 18 heavy (non-hydrogen) atoms. The largest absolute Gasteiger partial charge is 0.481 e. The summed E-state index contributed by atoms with van der Waals surface area (Å²) in [6.45, 7) is 0. The van der Waals surface area contributed by atoms with Gasteiger partial charge in [0.25, 0.3) is 0 Å². The van der Waals surface area contributed by atoms with E-state index >= 15 is 0 Å². The summed E-state index contributed by atoms with van der Waals surface area (Å²) in [6.07, 6.45) is 1.34. The van der Waals surface area contributed by atoms with Crippen LogP contribution >= 0.6 is 11.8 Å². The first-order valence-corrected chi connectivity index (χ1v) is 5.90. The molecule has 1 aromatic heterocycles. The normalized spacial score (nSPS) is 10.6. The lowest BCUT2D eigenvalue weighted by atomic mass is 10.1. The SMILES string of the molecule is O=C(O)CSc1ncc(-c2cccc(F)c2F)[nH]1. The number of hydrogen-bond acceptors (Lipinski definition) is 3. The predicted octanol–water partition coefficient (Wildman–Crippen LogP) is 2.53. The fourth-order valence-corrected chi connectivity index (χ4v) is 1.92. The van der Waals surface area contributed by atoms with Crippen LogP contribution in [-0.2, 0) is 4.79 Å². The summed E-state index contributed by atoms with van der Waals surface area (Å²) in [6, 6.07) is 3.82. The summed E-state index contributed by atoms with van der Waals surface area (Å²) in [5, 5.41) is 8.85. The van der Waals surface area contributed by atoms with Gasteiger partial charge in [-0.1, -0.05) is 17.8 Å². The molecule has 1 aromatic carbocycles. The van der Waals surface area contributed by atoms with Crippen molar-refractivity contribution < 1.29 is 18.7 Å². The van der Waals surface area contributed by atoms with Crippen LogP contribution in [0.4, 0.5) is 8.78 Å². The van der Waals surface area contributed by atoms with Crippen molar-refractivity contribution in [2.45, 2.75) is 5.16 Å². The number of aromatic nitrogens is 2. The molecule has 94 valence electrons. The number of thioether (sulfide) groups is 1. The molecule has 0 fully saturated rings. The topological polar surface area (TPSA) is 66.0 Å². The second-order valence-electron chi connectivity index (χ2n) is 3.39. The number of nitrogens with zero attached hydrogens (tertiary/aromatic N) is 1. The molecule has 0 aliphatic rings. The van der Waals surface area contributed by atoms with E-state index in [0.717, 1.165) is 17.8 Å². The van der Waals surface area contributed by atoms with E-state index in [2.05, 4.69) is 9.97 Å². The van der Waals surface area contributed by atoms with Gasteiger partial charge in [0.05, 0.1) is 17.6 Å². The first-order chi connectivity index (χ1) is 8.58. The number of imidazole rings is 1. The van der Waals surface area contributed by atoms with E-state index in [9.17, 15) is 13.6 Å². The van der Waals surface area contributed by atoms with E-state index in [0.29, 0.717) is 10.9 Å². The van der Waals surface area contributed by atoms with E-state index in [4.69, 9.17) is 5.11 Å². The molecule has 1 heterocycles. The third-order valence-corrected chi connectivity index (χ3v) is 3.00. The summed E-state index contributed by atoms with van der Waals surface area (Å²) in [7, 11) is 0. The zero-order chi connectivity index (χ0) is 13.1. The Bertz CT molecular complexity index is 586. The Kier molecular flexibility index (Phi) is 3.61. The van der Waals surface area contributed by atoms with E-state index < -0.39 is 17.6 Å². The van der Waals surface area contributed by atoms with Crippen LogP contribution in [0, 0.1) is 11.6 Å². The van der Waals surface area contributed by atoms with Gasteiger partial charge in [-0.05, 0) is 12.1 Å². The Morgan fingerprint density at radius 1 is 1.44 bits per heavy atom. The molecule has 2 N–H and O–H groups in total. The van der Waals surface area contributed by atoms with Crippen LogP contribution in [0.15, 0.2) is 29.6 Å². The second-order valence-corrected chi connectivity index (χ2v) is 4.35.